The molecule has 0 N–H and O–H groups in total. The van der Waals surface area contributed by atoms with Crippen LogP contribution in [0, 0.1) is 23.0 Å². The molecule has 0 amide bonds. The van der Waals surface area contributed by atoms with Gasteiger partial charge in [0.05, 0.1) is 18.1 Å². The molecule has 2 aliphatic heterocycles. The van der Waals surface area contributed by atoms with Gasteiger partial charge in [0, 0.05) is 44.4 Å². The second-order valence-corrected chi connectivity index (χ2v) is 6.62. The normalized spacial score (nSPS) is 23.3. The molecule has 6 nitrogen and oxygen atoms in total. The lowest BCUT2D eigenvalue weighted by molar-refractivity contribution is -0.385. The molecule has 6 heteroatoms. The van der Waals surface area contributed by atoms with E-state index in [1.165, 1.54) is 6.42 Å². The van der Waals surface area contributed by atoms with E-state index in [1.807, 2.05) is 13.0 Å². The average molecular weight is 319 g/mol. The van der Waals surface area contributed by atoms with Crippen molar-refractivity contribution in [1.82, 2.24) is 9.80 Å². The average Bonchev–Trinajstić information content (AvgIpc) is 2.97. The minimum atomic E-state index is -0.288. The van der Waals surface area contributed by atoms with E-state index in [2.05, 4.69) is 9.80 Å². The Kier molecular flexibility index (Phi) is 5.25. The van der Waals surface area contributed by atoms with Crippen LogP contribution in [0.15, 0.2) is 18.2 Å². The van der Waals surface area contributed by atoms with Crippen LogP contribution < -0.4 is 0 Å². The Labute approximate surface area is 137 Å². The molecule has 1 aromatic carbocycles. The van der Waals surface area contributed by atoms with Crippen LogP contribution in [0.1, 0.15) is 17.5 Å². The van der Waals surface area contributed by atoms with Crippen molar-refractivity contribution >= 4 is 5.69 Å². The van der Waals surface area contributed by atoms with Crippen LogP contribution in [0.3, 0.4) is 0 Å². The van der Waals surface area contributed by atoms with Gasteiger partial charge in [0.1, 0.15) is 0 Å². The zero-order valence-electron chi connectivity index (χ0n) is 13.7. The van der Waals surface area contributed by atoms with Gasteiger partial charge in [0.15, 0.2) is 0 Å². The van der Waals surface area contributed by atoms with Crippen molar-refractivity contribution < 1.29 is 9.66 Å². The summed E-state index contributed by atoms with van der Waals surface area (Å²) in [6, 6.07) is 5.39. The molecule has 2 heterocycles. The molecule has 0 radical (unpaired) electrons. The van der Waals surface area contributed by atoms with Gasteiger partial charge >= 0.3 is 0 Å². The number of nitro groups is 1. The Morgan fingerprint density at radius 1 is 1.26 bits per heavy atom. The lowest BCUT2D eigenvalue weighted by atomic mass is 10.1. The summed E-state index contributed by atoms with van der Waals surface area (Å²) in [6.07, 6.45) is 1.21. The van der Waals surface area contributed by atoms with Gasteiger partial charge in [0.2, 0.25) is 0 Å². The van der Waals surface area contributed by atoms with E-state index >= 15 is 0 Å². The molecule has 2 aliphatic rings. The van der Waals surface area contributed by atoms with E-state index in [9.17, 15) is 10.1 Å². The van der Waals surface area contributed by atoms with Gasteiger partial charge in [-0.1, -0.05) is 12.1 Å². The molecule has 3 rings (SSSR count). The summed E-state index contributed by atoms with van der Waals surface area (Å²) < 4.78 is 5.40. The first kappa shape index (κ1) is 16.4. The smallest absolute Gasteiger partial charge is 0.272 e. The molecule has 126 valence electrons. The Hall–Kier alpha value is -1.50. The van der Waals surface area contributed by atoms with Crippen LogP contribution in [0.5, 0.6) is 0 Å². The number of benzene rings is 1. The molecule has 1 aromatic rings. The van der Waals surface area contributed by atoms with E-state index in [1.54, 1.807) is 12.1 Å². The molecule has 2 saturated heterocycles. The van der Waals surface area contributed by atoms with Gasteiger partial charge < -0.3 is 4.74 Å². The highest BCUT2D eigenvalue weighted by molar-refractivity contribution is 5.44. The third-order valence-electron chi connectivity index (χ3n) is 5.00. The van der Waals surface area contributed by atoms with Gasteiger partial charge in [-0.3, -0.25) is 19.9 Å². The quantitative estimate of drug-likeness (QED) is 0.614. The number of ether oxygens (including phenoxy) is 1. The van der Waals surface area contributed by atoms with Crippen molar-refractivity contribution in [2.45, 2.75) is 19.9 Å². The third-order valence-corrected chi connectivity index (χ3v) is 5.00. The Bertz CT molecular complexity index is 558. The van der Waals surface area contributed by atoms with E-state index in [-0.39, 0.29) is 10.6 Å². The first-order chi connectivity index (χ1) is 11.1. The SMILES string of the molecule is Cc1c(CN2CC[C@H](CN3CCOCC3)C2)cccc1[N+](=O)[O-]. The van der Waals surface area contributed by atoms with Crippen LogP contribution in [0.2, 0.25) is 0 Å². The topological polar surface area (TPSA) is 58.8 Å². The Morgan fingerprint density at radius 2 is 2.04 bits per heavy atom. The molecule has 0 aliphatic carbocycles. The van der Waals surface area contributed by atoms with E-state index in [0.29, 0.717) is 5.92 Å². The van der Waals surface area contributed by atoms with Crippen LogP contribution in [0.25, 0.3) is 0 Å². The summed E-state index contributed by atoms with van der Waals surface area (Å²) >= 11 is 0. The predicted octanol–water partition coefficient (Wildman–Crippen LogP) is 2.06. The lowest BCUT2D eigenvalue weighted by Crippen LogP contribution is -2.39. The van der Waals surface area contributed by atoms with Crippen molar-refractivity contribution in [3.63, 3.8) is 0 Å². The monoisotopic (exact) mass is 319 g/mol. The van der Waals surface area contributed by atoms with E-state index < -0.39 is 0 Å². The van der Waals surface area contributed by atoms with Gasteiger partial charge in [-0.15, -0.1) is 0 Å². The first-order valence-corrected chi connectivity index (χ1v) is 8.39. The van der Waals surface area contributed by atoms with Crippen molar-refractivity contribution in [2.24, 2.45) is 5.92 Å². The van der Waals surface area contributed by atoms with Crippen LogP contribution in [-0.2, 0) is 11.3 Å². The van der Waals surface area contributed by atoms with Crippen LogP contribution in [0.4, 0.5) is 5.69 Å². The maximum atomic E-state index is 11.1. The van der Waals surface area contributed by atoms with Crippen molar-refractivity contribution in [3.05, 3.63) is 39.4 Å². The van der Waals surface area contributed by atoms with Gasteiger partial charge in [-0.05, 0) is 31.4 Å². The van der Waals surface area contributed by atoms with Crippen molar-refractivity contribution in [1.29, 1.82) is 0 Å². The van der Waals surface area contributed by atoms with Gasteiger partial charge in [-0.2, -0.15) is 0 Å². The number of nitro benzene ring substituents is 1. The van der Waals surface area contributed by atoms with Crippen molar-refractivity contribution in [3.8, 4) is 0 Å². The second-order valence-electron chi connectivity index (χ2n) is 6.62. The van der Waals surface area contributed by atoms with Gasteiger partial charge in [-0.25, -0.2) is 0 Å². The maximum absolute atomic E-state index is 11.1. The number of rotatable bonds is 5. The minimum Gasteiger partial charge on any atom is -0.379 e. The van der Waals surface area contributed by atoms with Crippen LogP contribution in [-0.4, -0.2) is 60.7 Å². The number of nitrogens with zero attached hydrogens (tertiary/aromatic N) is 3. The highest BCUT2D eigenvalue weighted by Gasteiger charge is 2.26. The fourth-order valence-electron chi connectivity index (χ4n) is 3.63. The maximum Gasteiger partial charge on any atom is 0.272 e. The molecule has 0 aromatic heterocycles. The molecule has 0 unspecified atom stereocenters. The summed E-state index contributed by atoms with van der Waals surface area (Å²) in [5.74, 6) is 0.701. The standard InChI is InChI=1S/C17H25N3O3/c1-14-16(3-2-4-17(14)20(21)22)13-19-6-5-15(12-19)11-18-7-9-23-10-8-18/h2-4,15H,5-13H2,1H3/t15-/m1/s1. The molecule has 2 fully saturated rings. The number of hydrogen-bond acceptors (Lipinski definition) is 5. The fourth-order valence-corrected chi connectivity index (χ4v) is 3.63. The highest BCUT2D eigenvalue weighted by atomic mass is 16.6. The molecular formula is C17H25N3O3. The highest BCUT2D eigenvalue weighted by Crippen LogP contribution is 2.25. The zero-order valence-corrected chi connectivity index (χ0v) is 13.7. The lowest BCUT2D eigenvalue weighted by Gasteiger charge is -2.29. The van der Waals surface area contributed by atoms with E-state index in [0.717, 1.165) is 63.6 Å². The number of morpholine rings is 1. The third kappa shape index (κ3) is 4.07. The van der Waals surface area contributed by atoms with Gasteiger partial charge in [0.25, 0.3) is 5.69 Å². The molecule has 1 atom stereocenters. The summed E-state index contributed by atoms with van der Waals surface area (Å²) in [5.41, 5.74) is 2.10. The van der Waals surface area contributed by atoms with Crippen LogP contribution >= 0.6 is 0 Å². The fraction of sp³-hybridized carbons (Fsp3) is 0.647. The number of likely N-dealkylation sites (tertiary alicyclic amines) is 1. The molecule has 0 saturated carbocycles. The zero-order chi connectivity index (χ0) is 16.2. The molecular weight excluding hydrogens is 294 g/mol. The summed E-state index contributed by atoms with van der Waals surface area (Å²) in [7, 11) is 0. The summed E-state index contributed by atoms with van der Waals surface area (Å²) in [4.78, 5) is 15.7. The summed E-state index contributed by atoms with van der Waals surface area (Å²) in [6.45, 7) is 9.76. The Balaban J connectivity index is 1.55. The largest absolute Gasteiger partial charge is 0.379 e. The second kappa shape index (κ2) is 7.38. The van der Waals surface area contributed by atoms with E-state index in [4.69, 9.17) is 4.74 Å². The molecule has 23 heavy (non-hydrogen) atoms. The van der Waals surface area contributed by atoms with Crippen molar-refractivity contribution in [2.75, 3.05) is 45.9 Å². The Morgan fingerprint density at radius 3 is 2.78 bits per heavy atom. The first-order valence-electron chi connectivity index (χ1n) is 8.39. The predicted molar refractivity (Wildman–Crippen MR) is 88.5 cm³/mol. The summed E-state index contributed by atoms with van der Waals surface area (Å²) in [5, 5.41) is 11.1. The molecule has 0 spiro atoms. The number of hydrogen-bond donors (Lipinski definition) is 0. The minimum absolute atomic E-state index is 0.228. The molecule has 0 bridgehead atoms.